The van der Waals surface area contributed by atoms with Gasteiger partial charge in [-0.1, -0.05) is 146 Å². The maximum atomic E-state index is 5.17. The first-order valence-corrected chi connectivity index (χ1v) is 18.6. The van der Waals surface area contributed by atoms with E-state index < -0.39 is 0 Å². The van der Waals surface area contributed by atoms with Crippen LogP contribution in [0, 0.1) is 0 Å². The predicted octanol–water partition coefficient (Wildman–Crippen LogP) is 13.1. The molecule has 0 aliphatic heterocycles. The summed E-state index contributed by atoms with van der Waals surface area (Å²) in [6, 6.07) is 68.8. The highest BCUT2D eigenvalue weighted by molar-refractivity contribution is 6.16. The van der Waals surface area contributed by atoms with Gasteiger partial charge in [0, 0.05) is 33.2 Å². The highest BCUT2D eigenvalue weighted by Gasteiger charge is 2.17. The van der Waals surface area contributed by atoms with E-state index in [1.165, 1.54) is 48.8 Å². The fraction of sp³-hybridized carbons (Fsp3) is 0. The molecule has 0 saturated carbocycles. The third-order valence-corrected chi connectivity index (χ3v) is 10.7. The molecule has 0 bridgehead atoms. The molecule has 0 N–H and O–H groups in total. The minimum absolute atomic E-state index is 0.627. The zero-order valence-corrected chi connectivity index (χ0v) is 29.8. The Morgan fingerprint density at radius 3 is 1.27 bits per heavy atom. The minimum Gasteiger partial charge on any atom is -0.309 e. The molecule has 2 aromatic heterocycles. The molecule has 0 atom stereocenters. The van der Waals surface area contributed by atoms with Crippen molar-refractivity contribution in [3.8, 4) is 51.0 Å². The van der Waals surface area contributed by atoms with Crippen LogP contribution in [0.2, 0.25) is 0 Å². The van der Waals surface area contributed by atoms with Crippen molar-refractivity contribution in [2.75, 3.05) is 0 Å². The summed E-state index contributed by atoms with van der Waals surface area (Å²) in [6.45, 7) is 0. The molecular formula is C51H32N4. The van der Waals surface area contributed by atoms with E-state index in [1.54, 1.807) is 0 Å². The SMILES string of the molecule is c1ccc(-c2ccc3cc(-c4nc(-c5ccccc5)nc(-c5cccc(-n6c7cc8ccccc8cc7c7cc8ccccc8cc76)c5)n4)ccc3c2)cc1. The van der Waals surface area contributed by atoms with Gasteiger partial charge in [-0.05, 0) is 92.0 Å². The molecule has 11 rings (SSSR count). The third kappa shape index (κ3) is 5.43. The molecule has 0 spiro atoms. The fourth-order valence-corrected chi connectivity index (χ4v) is 8.00. The Hall–Kier alpha value is -7.43. The van der Waals surface area contributed by atoms with Crippen molar-refractivity contribution in [2.24, 2.45) is 0 Å². The van der Waals surface area contributed by atoms with Crippen molar-refractivity contribution < 1.29 is 0 Å². The summed E-state index contributed by atoms with van der Waals surface area (Å²) >= 11 is 0. The summed E-state index contributed by atoms with van der Waals surface area (Å²) in [5, 5.41) is 9.63. The number of hydrogen-bond acceptors (Lipinski definition) is 3. The number of hydrogen-bond donors (Lipinski definition) is 0. The lowest BCUT2D eigenvalue weighted by Gasteiger charge is -2.12. The molecule has 0 amide bonds. The molecule has 4 heteroatoms. The second-order valence-corrected chi connectivity index (χ2v) is 14.1. The maximum Gasteiger partial charge on any atom is 0.164 e. The fourth-order valence-electron chi connectivity index (χ4n) is 8.00. The van der Waals surface area contributed by atoms with Crippen molar-refractivity contribution in [1.29, 1.82) is 0 Å². The number of nitrogens with zero attached hydrogens (tertiary/aromatic N) is 4. The second kappa shape index (κ2) is 12.6. The number of fused-ring (bicyclic) bond motifs is 6. The molecule has 0 radical (unpaired) electrons. The van der Waals surface area contributed by atoms with Crippen LogP contribution in [0.4, 0.5) is 0 Å². The van der Waals surface area contributed by atoms with E-state index in [0.29, 0.717) is 17.5 Å². The quantitative estimate of drug-likeness (QED) is 0.179. The molecule has 0 fully saturated rings. The molecule has 55 heavy (non-hydrogen) atoms. The summed E-state index contributed by atoms with van der Waals surface area (Å²) in [7, 11) is 0. The molecule has 0 aliphatic carbocycles. The van der Waals surface area contributed by atoms with Gasteiger partial charge in [0.2, 0.25) is 0 Å². The van der Waals surface area contributed by atoms with Gasteiger partial charge >= 0.3 is 0 Å². The average molecular weight is 701 g/mol. The van der Waals surface area contributed by atoms with Crippen LogP contribution < -0.4 is 0 Å². The average Bonchev–Trinajstić information content (AvgIpc) is 3.56. The van der Waals surface area contributed by atoms with E-state index in [0.717, 1.165) is 38.8 Å². The first-order chi connectivity index (χ1) is 27.2. The lowest BCUT2D eigenvalue weighted by atomic mass is 10.00. The molecular weight excluding hydrogens is 669 g/mol. The molecule has 0 aliphatic rings. The molecule has 256 valence electrons. The lowest BCUT2D eigenvalue weighted by Crippen LogP contribution is -2.01. The predicted molar refractivity (Wildman–Crippen MR) is 228 cm³/mol. The van der Waals surface area contributed by atoms with Gasteiger partial charge in [-0.25, -0.2) is 15.0 Å². The lowest BCUT2D eigenvalue weighted by molar-refractivity contribution is 1.07. The van der Waals surface area contributed by atoms with Crippen LogP contribution in [0.15, 0.2) is 194 Å². The Morgan fingerprint density at radius 2 is 0.691 bits per heavy atom. The van der Waals surface area contributed by atoms with Crippen LogP contribution in [-0.2, 0) is 0 Å². The van der Waals surface area contributed by atoms with Gasteiger partial charge in [0.15, 0.2) is 17.5 Å². The first-order valence-electron chi connectivity index (χ1n) is 18.6. The zero-order chi connectivity index (χ0) is 36.3. The van der Waals surface area contributed by atoms with Gasteiger partial charge in [0.25, 0.3) is 0 Å². The maximum absolute atomic E-state index is 5.17. The molecule has 2 heterocycles. The summed E-state index contributed by atoms with van der Waals surface area (Å²) in [5.74, 6) is 1.90. The van der Waals surface area contributed by atoms with Crippen molar-refractivity contribution in [1.82, 2.24) is 19.5 Å². The van der Waals surface area contributed by atoms with Crippen molar-refractivity contribution in [2.45, 2.75) is 0 Å². The highest BCUT2D eigenvalue weighted by atomic mass is 15.0. The van der Waals surface area contributed by atoms with Crippen LogP contribution in [0.3, 0.4) is 0 Å². The number of rotatable bonds is 5. The van der Waals surface area contributed by atoms with Crippen molar-refractivity contribution >= 4 is 54.1 Å². The molecule has 11 aromatic rings. The van der Waals surface area contributed by atoms with Gasteiger partial charge in [0.1, 0.15) is 0 Å². The van der Waals surface area contributed by atoms with Crippen molar-refractivity contribution in [3.05, 3.63) is 194 Å². The summed E-state index contributed by atoms with van der Waals surface area (Å²) in [5.41, 5.74) is 8.57. The van der Waals surface area contributed by atoms with Gasteiger partial charge in [0.05, 0.1) is 11.0 Å². The number of benzene rings is 9. The van der Waals surface area contributed by atoms with Gasteiger partial charge < -0.3 is 4.57 Å². The van der Waals surface area contributed by atoms with Crippen LogP contribution in [0.1, 0.15) is 0 Å². The van der Waals surface area contributed by atoms with E-state index >= 15 is 0 Å². The van der Waals surface area contributed by atoms with Gasteiger partial charge in [-0.3, -0.25) is 0 Å². The number of aromatic nitrogens is 4. The summed E-state index contributed by atoms with van der Waals surface area (Å²) < 4.78 is 2.39. The highest BCUT2D eigenvalue weighted by Crippen LogP contribution is 2.38. The monoisotopic (exact) mass is 700 g/mol. The first kappa shape index (κ1) is 31.1. The van der Waals surface area contributed by atoms with E-state index in [1.807, 2.05) is 24.3 Å². The molecule has 0 saturated heterocycles. The normalized spacial score (nSPS) is 11.6. The van der Waals surface area contributed by atoms with Crippen LogP contribution in [0.5, 0.6) is 0 Å². The zero-order valence-electron chi connectivity index (χ0n) is 29.8. The Balaban J connectivity index is 1.09. The molecule has 4 nitrogen and oxygen atoms in total. The standard InChI is InChI=1S/C51H32N4/c1-3-12-33(13-4-1)39-22-23-41-27-43(25-24-40(41)26-39)51-53-49(34-14-5-2-6-15-34)52-50(54-51)42-20-11-21-44(28-42)55-47-31-37-18-9-7-16-35(37)29-45(47)46-30-36-17-8-10-19-38(36)32-48(46)55/h1-32H. The van der Waals surface area contributed by atoms with E-state index in [-0.39, 0.29) is 0 Å². The van der Waals surface area contributed by atoms with Crippen molar-refractivity contribution in [3.63, 3.8) is 0 Å². The van der Waals surface area contributed by atoms with Crippen LogP contribution >= 0.6 is 0 Å². The van der Waals surface area contributed by atoms with Crippen LogP contribution in [0.25, 0.3) is 105 Å². The van der Waals surface area contributed by atoms with E-state index in [2.05, 4.69) is 174 Å². The van der Waals surface area contributed by atoms with Gasteiger partial charge in [-0.15, -0.1) is 0 Å². The second-order valence-electron chi connectivity index (χ2n) is 14.1. The van der Waals surface area contributed by atoms with E-state index in [9.17, 15) is 0 Å². The topological polar surface area (TPSA) is 43.6 Å². The Kier molecular flexibility index (Phi) is 7.14. The molecule has 9 aromatic carbocycles. The largest absolute Gasteiger partial charge is 0.309 e. The van der Waals surface area contributed by atoms with E-state index in [4.69, 9.17) is 15.0 Å². The Morgan fingerprint density at radius 1 is 0.273 bits per heavy atom. The summed E-state index contributed by atoms with van der Waals surface area (Å²) in [6.07, 6.45) is 0. The minimum atomic E-state index is 0.627. The smallest absolute Gasteiger partial charge is 0.164 e. The molecule has 0 unspecified atom stereocenters. The van der Waals surface area contributed by atoms with Gasteiger partial charge in [-0.2, -0.15) is 0 Å². The Bertz CT molecular complexity index is 3160. The van der Waals surface area contributed by atoms with Crippen LogP contribution in [-0.4, -0.2) is 19.5 Å². The summed E-state index contributed by atoms with van der Waals surface area (Å²) in [4.78, 5) is 15.3. The Labute approximate surface area is 317 Å². The third-order valence-electron chi connectivity index (χ3n) is 10.7.